The van der Waals surface area contributed by atoms with Crippen LogP contribution in [0, 0.1) is 17.7 Å². The van der Waals surface area contributed by atoms with Crippen LogP contribution in [0.25, 0.3) is 11.3 Å². The fourth-order valence-corrected chi connectivity index (χ4v) is 8.50. The maximum Gasteiger partial charge on any atom is 0.267 e. The normalized spacial score (nSPS) is 24.2. The summed E-state index contributed by atoms with van der Waals surface area (Å²) in [6, 6.07) is 8.79. The lowest BCUT2D eigenvalue weighted by Crippen LogP contribution is -2.43. The van der Waals surface area contributed by atoms with Gasteiger partial charge in [-0.2, -0.15) is 0 Å². The second-order valence-corrected chi connectivity index (χ2v) is 15.1. The van der Waals surface area contributed by atoms with E-state index in [1.165, 1.54) is 12.1 Å². The van der Waals surface area contributed by atoms with Crippen molar-refractivity contribution < 1.29 is 36.4 Å². The Balaban J connectivity index is 1.01. The molecule has 0 spiro atoms. The number of hydrogen-bond donors (Lipinski definition) is 1. The van der Waals surface area contributed by atoms with E-state index in [4.69, 9.17) is 37.2 Å². The van der Waals surface area contributed by atoms with E-state index in [1.807, 2.05) is 4.72 Å². The second kappa shape index (κ2) is 12.5. The molecule has 3 heterocycles. The molecule has 2 aliphatic heterocycles. The maximum atomic E-state index is 15.2. The second-order valence-electron chi connectivity index (χ2n) is 12.5. The molecule has 0 radical (unpaired) electrons. The number of piperidine rings is 1. The van der Waals surface area contributed by atoms with Crippen LogP contribution in [0.15, 0.2) is 40.9 Å². The van der Waals surface area contributed by atoms with Crippen molar-refractivity contribution in [3.05, 3.63) is 69.1 Å². The number of nitrogens with zero attached hydrogens (tertiary/aromatic N) is 2. The third kappa shape index (κ3) is 6.17. The molecular weight excluding hydrogens is 660 g/mol. The molecule has 14 heteroatoms. The van der Waals surface area contributed by atoms with Crippen LogP contribution >= 0.6 is 23.2 Å². The third-order valence-corrected chi connectivity index (χ3v) is 11.2. The van der Waals surface area contributed by atoms with Crippen LogP contribution in [0.4, 0.5) is 10.1 Å². The molecule has 2 aliphatic carbocycles. The van der Waals surface area contributed by atoms with Crippen LogP contribution < -0.4 is 9.62 Å². The molecule has 2 saturated carbocycles. The van der Waals surface area contributed by atoms with E-state index < -0.39 is 33.2 Å². The van der Waals surface area contributed by atoms with Gasteiger partial charge < -0.3 is 18.9 Å². The van der Waals surface area contributed by atoms with E-state index >= 15 is 4.39 Å². The highest BCUT2D eigenvalue weighted by molar-refractivity contribution is 7.90. The van der Waals surface area contributed by atoms with E-state index in [-0.39, 0.29) is 42.2 Å². The van der Waals surface area contributed by atoms with E-state index in [2.05, 4.69) is 5.16 Å². The number of anilines is 1. The molecule has 3 aromatic rings. The number of ether oxygens (including phenoxy) is 2. The van der Waals surface area contributed by atoms with Crippen molar-refractivity contribution in [3.8, 4) is 11.3 Å². The summed E-state index contributed by atoms with van der Waals surface area (Å²) < 4.78 is 59.3. The summed E-state index contributed by atoms with van der Waals surface area (Å²) in [4.78, 5) is 27.7. The van der Waals surface area contributed by atoms with E-state index in [9.17, 15) is 18.0 Å². The van der Waals surface area contributed by atoms with Gasteiger partial charge in [0.05, 0.1) is 40.0 Å². The lowest BCUT2D eigenvalue weighted by Gasteiger charge is -2.31. The minimum absolute atomic E-state index is 0.119. The molecule has 7 rings (SSSR count). The molecule has 2 bridgehead atoms. The van der Waals surface area contributed by atoms with Crippen LogP contribution in [0.5, 0.6) is 0 Å². The smallest absolute Gasteiger partial charge is 0.267 e. The lowest BCUT2D eigenvalue weighted by molar-refractivity contribution is -0.126. The molecule has 2 saturated heterocycles. The molecule has 4 aliphatic rings. The summed E-state index contributed by atoms with van der Waals surface area (Å²) in [7, 11) is -3.95. The minimum atomic E-state index is -3.95. The Morgan fingerprint density at radius 1 is 1.13 bits per heavy atom. The Morgan fingerprint density at radius 3 is 2.59 bits per heavy atom. The van der Waals surface area contributed by atoms with Gasteiger partial charge in [-0.05, 0) is 74.8 Å². The highest BCUT2D eigenvalue weighted by atomic mass is 35.5. The highest BCUT2D eigenvalue weighted by Gasteiger charge is 2.52. The summed E-state index contributed by atoms with van der Waals surface area (Å²) in [6.07, 6.45) is 3.82. The first kappa shape index (κ1) is 31.6. The van der Waals surface area contributed by atoms with Gasteiger partial charge in [0.1, 0.15) is 17.3 Å². The van der Waals surface area contributed by atoms with Gasteiger partial charge in [0.25, 0.3) is 5.91 Å². The molecule has 4 atom stereocenters. The first-order valence-electron chi connectivity index (χ1n) is 15.4. The topological polar surface area (TPSA) is 128 Å². The number of fused-ring (bicyclic) bond motifs is 2. The fraction of sp³-hybridized carbons (Fsp3) is 0.469. The average molecular weight is 693 g/mol. The Morgan fingerprint density at radius 2 is 1.91 bits per heavy atom. The predicted molar refractivity (Wildman–Crippen MR) is 168 cm³/mol. The largest absolute Gasteiger partial charge is 0.381 e. The number of benzene rings is 2. The number of carbonyl (C=O) groups excluding carboxylic acids is 2. The van der Waals surface area contributed by atoms with Crippen molar-refractivity contribution in [3.63, 3.8) is 0 Å². The van der Waals surface area contributed by atoms with E-state index in [0.717, 1.165) is 36.7 Å². The zero-order chi connectivity index (χ0) is 32.2. The average Bonchev–Trinajstić information content (AvgIpc) is 3.33. The molecule has 2 aromatic carbocycles. The summed E-state index contributed by atoms with van der Waals surface area (Å²) in [5.74, 6) is -1.72. The summed E-state index contributed by atoms with van der Waals surface area (Å²) in [5, 5.41) is 5.19. The zero-order valence-electron chi connectivity index (χ0n) is 24.7. The first-order valence-corrected chi connectivity index (χ1v) is 17.8. The van der Waals surface area contributed by atoms with Gasteiger partial charge in [0, 0.05) is 42.0 Å². The Hall–Kier alpha value is -3.03. The molecule has 1 unspecified atom stereocenters. The number of nitrogens with one attached hydrogen (secondary N) is 1. The SMILES string of the molecule is O=C(NS(=O)(=O)CCC1CCOC1)c1ccc(N2C(=O)[C@@H]3C[C@H]2C[C@H]3OCc2c(-c3c(Cl)cccc3Cl)noc2C2CC2)cc1F. The van der Waals surface area contributed by atoms with Crippen LogP contribution in [-0.2, 0) is 30.9 Å². The number of halogens is 3. The number of amides is 2. The van der Waals surface area contributed by atoms with Gasteiger partial charge >= 0.3 is 0 Å². The Bertz CT molecular complexity index is 1770. The molecule has 4 fully saturated rings. The molecule has 46 heavy (non-hydrogen) atoms. The Kier molecular flexibility index (Phi) is 8.60. The van der Waals surface area contributed by atoms with Crippen molar-refractivity contribution in [1.82, 2.24) is 9.88 Å². The fourth-order valence-electron chi connectivity index (χ4n) is 6.78. The van der Waals surface area contributed by atoms with Crippen molar-refractivity contribution in [2.24, 2.45) is 11.8 Å². The van der Waals surface area contributed by atoms with Gasteiger partial charge in [-0.25, -0.2) is 17.5 Å². The monoisotopic (exact) mass is 691 g/mol. The van der Waals surface area contributed by atoms with Crippen molar-refractivity contribution in [2.75, 3.05) is 23.9 Å². The number of aromatic nitrogens is 1. The summed E-state index contributed by atoms with van der Waals surface area (Å²) in [6.45, 7) is 1.25. The predicted octanol–water partition coefficient (Wildman–Crippen LogP) is 5.86. The number of hydrogen-bond acceptors (Lipinski definition) is 8. The minimum Gasteiger partial charge on any atom is -0.381 e. The first-order chi connectivity index (χ1) is 22.1. The molecular formula is C32H32Cl2FN3O7S. The van der Waals surface area contributed by atoms with Crippen LogP contribution in [0.2, 0.25) is 10.0 Å². The quantitative estimate of drug-likeness (QED) is 0.265. The zero-order valence-corrected chi connectivity index (χ0v) is 27.0. The van der Waals surface area contributed by atoms with Crippen LogP contribution in [-0.4, -0.2) is 56.5 Å². The lowest BCUT2D eigenvalue weighted by atomic mass is 10.0. The summed E-state index contributed by atoms with van der Waals surface area (Å²) >= 11 is 13.0. The summed E-state index contributed by atoms with van der Waals surface area (Å²) in [5.41, 5.74) is 1.77. The van der Waals surface area contributed by atoms with Crippen molar-refractivity contribution >= 4 is 50.7 Å². The molecule has 1 N–H and O–H groups in total. The van der Waals surface area contributed by atoms with Gasteiger partial charge in [-0.15, -0.1) is 0 Å². The van der Waals surface area contributed by atoms with Gasteiger partial charge in [0.15, 0.2) is 0 Å². The number of rotatable bonds is 11. The standard InChI is InChI=1S/C32H32Cl2FN3O7S/c33-24-2-1-3-25(34)28(24)29-23(30(45-36-29)18-4-5-18)16-44-27-14-20-12-22(27)32(40)38(20)19-6-7-21(26(35)13-19)31(39)37-46(41,42)11-9-17-8-10-43-15-17/h1-3,6-7,13,17-18,20,22,27H,4-5,8-12,14-16H2,(H,37,39)/t17?,20-,22+,27+/m0/s1. The molecule has 244 valence electrons. The third-order valence-electron chi connectivity index (χ3n) is 9.35. The molecule has 2 amide bonds. The molecule has 1 aromatic heterocycles. The van der Waals surface area contributed by atoms with Crippen molar-refractivity contribution in [2.45, 2.75) is 63.2 Å². The van der Waals surface area contributed by atoms with Gasteiger partial charge in [0.2, 0.25) is 15.9 Å². The van der Waals surface area contributed by atoms with Crippen molar-refractivity contribution in [1.29, 1.82) is 0 Å². The maximum absolute atomic E-state index is 15.2. The van der Waals surface area contributed by atoms with E-state index in [0.29, 0.717) is 59.5 Å². The van der Waals surface area contributed by atoms with Gasteiger partial charge in [-0.3, -0.25) is 9.59 Å². The highest BCUT2D eigenvalue weighted by Crippen LogP contribution is 2.48. The van der Waals surface area contributed by atoms with Gasteiger partial charge in [-0.1, -0.05) is 34.4 Å². The molecule has 10 nitrogen and oxygen atoms in total. The Labute approximate surface area is 275 Å². The number of carbonyl (C=O) groups is 2. The van der Waals surface area contributed by atoms with E-state index in [1.54, 1.807) is 23.1 Å². The van der Waals surface area contributed by atoms with Crippen LogP contribution in [0.1, 0.15) is 66.1 Å². The van der Waals surface area contributed by atoms with Crippen LogP contribution in [0.3, 0.4) is 0 Å². The number of sulfonamides is 1.